The summed E-state index contributed by atoms with van der Waals surface area (Å²) in [4.78, 5) is 0. The number of hydrogen-bond donors (Lipinski definition) is 1. The van der Waals surface area contributed by atoms with Crippen molar-refractivity contribution in [2.75, 3.05) is 26.9 Å². The molecule has 0 amide bonds. The first-order chi connectivity index (χ1) is 8.36. The second-order valence-corrected chi connectivity index (χ2v) is 4.01. The largest absolute Gasteiger partial charge is 0.494 e. The van der Waals surface area contributed by atoms with E-state index in [1.165, 1.54) is 0 Å². The number of nitrogens with one attached hydrogen (secondary N) is 1. The van der Waals surface area contributed by atoms with Gasteiger partial charge in [0.2, 0.25) is 0 Å². The normalized spacial score (nSPS) is 12.4. The van der Waals surface area contributed by atoms with Crippen molar-refractivity contribution in [2.24, 2.45) is 0 Å². The van der Waals surface area contributed by atoms with E-state index < -0.39 is 0 Å². The zero-order valence-corrected chi connectivity index (χ0v) is 10.8. The third kappa shape index (κ3) is 6.29. The Hall–Kier alpha value is -1.06. The smallest absolute Gasteiger partial charge is 0.119 e. The summed E-state index contributed by atoms with van der Waals surface area (Å²) < 4.78 is 11.2. The lowest BCUT2D eigenvalue weighted by Crippen LogP contribution is -2.32. The van der Waals surface area contributed by atoms with Gasteiger partial charge in [0.15, 0.2) is 0 Å². The van der Waals surface area contributed by atoms with E-state index in [1.54, 1.807) is 0 Å². The van der Waals surface area contributed by atoms with E-state index in [0.717, 1.165) is 31.8 Å². The van der Waals surface area contributed by atoms with Crippen LogP contribution in [0.1, 0.15) is 19.8 Å². The molecule has 17 heavy (non-hydrogen) atoms. The van der Waals surface area contributed by atoms with Crippen molar-refractivity contribution in [1.82, 2.24) is 5.32 Å². The van der Waals surface area contributed by atoms with E-state index in [9.17, 15) is 0 Å². The van der Waals surface area contributed by atoms with Crippen LogP contribution in [-0.4, -0.2) is 32.9 Å². The highest BCUT2D eigenvalue weighted by Crippen LogP contribution is 2.08. The predicted octanol–water partition coefficient (Wildman–Crippen LogP) is 2.47. The molecule has 0 saturated heterocycles. The number of benzene rings is 1. The van der Waals surface area contributed by atoms with E-state index in [2.05, 4.69) is 12.2 Å². The topological polar surface area (TPSA) is 30.5 Å². The Kier molecular flexibility index (Phi) is 7.43. The van der Waals surface area contributed by atoms with Gasteiger partial charge in [-0.25, -0.2) is 0 Å². The quantitative estimate of drug-likeness (QED) is 0.669. The maximum Gasteiger partial charge on any atom is 0.119 e. The van der Waals surface area contributed by atoms with Crippen LogP contribution in [0, 0.1) is 0 Å². The van der Waals surface area contributed by atoms with Gasteiger partial charge in [0, 0.05) is 12.6 Å². The Labute approximate surface area is 104 Å². The van der Waals surface area contributed by atoms with Gasteiger partial charge in [0.05, 0.1) is 13.2 Å². The van der Waals surface area contributed by atoms with Crippen molar-refractivity contribution in [2.45, 2.75) is 25.8 Å². The fraction of sp³-hybridized carbons (Fsp3) is 0.571. The molecule has 0 spiro atoms. The lowest BCUT2D eigenvalue weighted by Gasteiger charge is -2.16. The number of rotatable bonds is 9. The molecule has 3 heteroatoms. The Morgan fingerprint density at radius 3 is 2.59 bits per heavy atom. The number of likely N-dealkylation sites (N-methyl/N-ethyl adjacent to an activating group) is 1. The molecule has 0 saturated carbocycles. The van der Waals surface area contributed by atoms with Crippen LogP contribution in [0.5, 0.6) is 5.75 Å². The molecule has 0 bridgehead atoms. The molecule has 1 aromatic rings. The Balaban J connectivity index is 2.15. The zero-order valence-electron chi connectivity index (χ0n) is 10.8. The molecular weight excluding hydrogens is 214 g/mol. The summed E-state index contributed by atoms with van der Waals surface area (Å²) in [7, 11) is 1.96. The molecule has 0 heterocycles. The van der Waals surface area contributed by atoms with Crippen molar-refractivity contribution in [1.29, 1.82) is 0 Å². The number of para-hydroxylation sites is 1. The highest BCUT2D eigenvalue weighted by molar-refractivity contribution is 5.20. The van der Waals surface area contributed by atoms with Gasteiger partial charge >= 0.3 is 0 Å². The van der Waals surface area contributed by atoms with Crippen LogP contribution < -0.4 is 10.1 Å². The summed E-state index contributed by atoms with van der Waals surface area (Å²) in [6, 6.07) is 10.3. The summed E-state index contributed by atoms with van der Waals surface area (Å²) >= 11 is 0. The first kappa shape index (κ1) is 14.0. The molecule has 1 N–H and O–H groups in total. The average molecular weight is 237 g/mol. The second-order valence-electron chi connectivity index (χ2n) is 4.01. The van der Waals surface area contributed by atoms with E-state index in [4.69, 9.17) is 9.47 Å². The van der Waals surface area contributed by atoms with Gasteiger partial charge in [-0.1, -0.05) is 25.1 Å². The number of hydrogen-bond acceptors (Lipinski definition) is 3. The van der Waals surface area contributed by atoms with Crippen LogP contribution >= 0.6 is 0 Å². The molecule has 1 aromatic carbocycles. The lowest BCUT2D eigenvalue weighted by atomic mass is 10.2. The van der Waals surface area contributed by atoms with Crippen LogP contribution in [0.3, 0.4) is 0 Å². The third-order valence-electron chi connectivity index (χ3n) is 2.55. The zero-order chi connectivity index (χ0) is 12.3. The summed E-state index contributed by atoms with van der Waals surface area (Å²) in [5.74, 6) is 0.928. The predicted molar refractivity (Wildman–Crippen MR) is 70.5 cm³/mol. The summed E-state index contributed by atoms with van der Waals surface area (Å²) in [6.07, 6.45) is 2.02. The van der Waals surface area contributed by atoms with Crippen molar-refractivity contribution in [3.63, 3.8) is 0 Å². The van der Waals surface area contributed by atoms with Crippen LogP contribution in [0.25, 0.3) is 0 Å². The average Bonchev–Trinajstić information content (AvgIpc) is 2.38. The molecule has 1 rings (SSSR count). The fourth-order valence-corrected chi connectivity index (χ4v) is 1.52. The van der Waals surface area contributed by atoms with Gasteiger partial charge in [-0.15, -0.1) is 0 Å². The summed E-state index contributed by atoms with van der Waals surface area (Å²) in [6.45, 7) is 4.41. The standard InChI is InChI=1S/C14H23NO2/c1-3-10-16-12-13(15-2)9-11-17-14-7-5-4-6-8-14/h4-8,13,15H,3,9-12H2,1-2H3. The van der Waals surface area contributed by atoms with Crippen molar-refractivity contribution in [3.8, 4) is 5.75 Å². The maximum atomic E-state index is 5.65. The molecule has 0 aliphatic rings. The summed E-state index contributed by atoms with van der Waals surface area (Å²) in [5.41, 5.74) is 0. The van der Waals surface area contributed by atoms with Gasteiger partial charge in [0.25, 0.3) is 0 Å². The van der Waals surface area contributed by atoms with Gasteiger partial charge in [-0.2, -0.15) is 0 Å². The molecule has 0 aliphatic heterocycles. The van der Waals surface area contributed by atoms with Crippen molar-refractivity contribution < 1.29 is 9.47 Å². The van der Waals surface area contributed by atoms with Crippen LogP contribution in [0.2, 0.25) is 0 Å². The molecule has 0 aromatic heterocycles. The third-order valence-corrected chi connectivity index (χ3v) is 2.55. The fourth-order valence-electron chi connectivity index (χ4n) is 1.52. The van der Waals surface area contributed by atoms with E-state index in [-0.39, 0.29) is 0 Å². The molecule has 3 nitrogen and oxygen atoms in total. The lowest BCUT2D eigenvalue weighted by molar-refractivity contribution is 0.106. The minimum Gasteiger partial charge on any atom is -0.494 e. The highest BCUT2D eigenvalue weighted by atomic mass is 16.5. The Morgan fingerprint density at radius 2 is 1.94 bits per heavy atom. The SMILES string of the molecule is CCCOCC(CCOc1ccccc1)NC. The molecule has 96 valence electrons. The first-order valence-corrected chi connectivity index (χ1v) is 6.29. The minimum atomic E-state index is 0.366. The molecule has 1 atom stereocenters. The monoisotopic (exact) mass is 237 g/mol. The van der Waals surface area contributed by atoms with E-state index >= 15 is 0 Å². The van der Waals surface area contributed by atoms with Gasteiger partial charge < -0.3 is 14.8 Å². The van der Waals surface area contributed by atoms with Gasteiger partial charge in [-0.3, -0.25) is 0 Å². The second kappa shape index (κ2) is 9.02. The van der Waals surface area contributed by atoms with Crippen LogP contribution in [0.4, 0.5) is 0 Å². The Bertz CT molecular complexity index is 277. The highest BCUT2D eigenvalue weighted by Gasteiger charge is 2.06. The molecular formula is C14H23NO2. The van der Waals surface area contributed by atoms with E-state index in [0.29, 0.717) is 12.6 Å². The van der Waals surface area contributed by atoms with Gasteiger partial charge in [0.1, 0.15) is 5.75 Å². The van der Waals surface area contributed by atoms with Crippen LogP contribution in [-0.2, 0) is 4.74 Å². The van der Waals surface area contributed by atoms with Gasteiger partial charge in [-0.05, 0) is 32.0 Å². The molecule has 1 unspecified atom stereocenters. The van der Waals surface area contributed by atoms with E-state index in [1.807, 2.05) is 37.4 Å². The minimum absolute atomic E-state index is 0.366. The Morgan fingerprint density at radius 1 is 1.18 bits per heavy atom. The summed E-state index contributed by atoms with van der Waals surface area (Å²) in [5, 5.41) is 3.24. The first-order valence-electron chi connectivity index (χ1n) is 6.29. The maximum absolute atomic E-state index is 5.65. The van der Waals surface area contributed by atoms with Crippen LogP contribution in [0.15, 0.2) is 30.3 Å². The van der Waals surface area contributed by atoms with Crippen molar-refractivity contribution in [3.05, 3.63) is 30.3 Å². The van der Waals surface area contributed by atoms with Crippen molar-refractivity contribution >= 4 is 0 Å². The molecule has 0 radical (unpaired) electrons. The molecule has 0 fully saturated rings. The number of ether oxygens (including phenoxy) is 2. The molecule has 0 aliphatic carbocycles.